The van der Waals surface area contributed by atoms with Gasteiger partial charge in [0.1, 0.15) is 0 Å². The van der Waals surface area contributed by atoms with E-state index in [1.807, 2.05) is 61.7 Å². The number of carbonyl (C=O) groups is 2. The van der Waals surface area contributed by atoms with Gasteiger partial charge in [-0.15, -0.1) is 0 Å². The summed E-state index contributed by atoms with van der Waals surface area (Å²) in [4.78, 5) is 25.1. The van der Waals surface area contributed by atoms with Crippen molar-refractivity contribution in [1.29, 1.82) is 0 Å². The molecule has 0 unspecified atom stereocenters. The van der Waals surface area contributed by atoms with Crippen LogP contribution >= 0.6 is 11.8 Å². The van der Waals surface area contributed by atoms with Crippen molar-refractivity contribution in [3.8, 4) is 11.1 Å². The van der Waals surface area contributed by atoms with Crippen LogP contribution in [0.3, 0.4) is 0 Å². The minimum absolute atomic E-state index is 0. The van der Waals surface area contributed by atoms with E-state index in [4.69, 9.17) is 0 Å². The first-order valence-corrected chi connectivity index (χ1v) is 15.9. The molecule has 0 aromatic heterocycles. The predicted molar refractivity (Wildman–Crippen MR) is 162 cm³/mol. The molecule has 0 saturated carbocycles. The number of amides is 1. The van der Waals surface area contributed by atoms with Crippen LogP contribution in [-0.4, -0.2) is 38.3 Å². The summed E-state index contributed by atoms with van der Waals surface area (Å²) < 4.78 is 29.8. The fourth-order valence-corrected chi connectivity index (χ4v) is 6.44. The second-order valence-electron chi connectivity index (χ2n) is 9.48. The molecule has 0 aliphatic heterocycles. The van der Waals surface area contributed by atoms with E-state index < -0.39 is 27.9 Å². The zero-order chi connectivity index (χ0) is 29.4. The number of benzene rings is 4. The largest absolute Gasteiger partial charge is 1.00 e. The van der Waals surface area contributed by atoms with Crippen molar-refractivity contribution in [2.45, 2.75) is 30.8 Å². The van der Waals surface area contributed by atoms with E-state index >= 15 is 0 Å². The van der Waals surface area contributed by atoms with Gasteiger partial charge in [-0.1, -0.05) is 72.8 Å². The van der Waals surface area contributed by atoms with E-state index in [2.05, 4.69) is 5.32 Å². The number of hydrogen-bond donors (Lipinski definition) is 1. The Balaban J connectivity index is 0.00000484. The SMILES string of the molecule is CSCC[C@H](NC(=O)c1ccc(S(=O)(=O)N(Cc2ccccc2)c2ccccc2)cc1-c1ccccc1C)C(=O)[O-].[Li+]. The zero-order valence-corrected chi connectivity index (χ0v) is 25.5. The predicted octanol–water partition coefficient (Wildman–Crippen LogP) is 1.66. The van der Waals surface area contributed by atoms with Gasteiger partial charge in [0.15, 0.2) is 0 Å². The van der Waals surface area contributed by atoms with Crippen LogP contribution < -0.4 is 33.6 Å². The Hall–Kier alpha value is -3.48. The van der Waals surface area contributed by atoms with Gasteiger partial charge in [0.25, 0.3) is 15.9 Å². The molecular formula is C32H31LiN2O5S2. The molecule has 0 fully saturated rings. The van der Waals surface area contributed by atoms with E-state index in [1.54, 1.807) is 36.4 Å². The second kappa shape index (κ2) is 15.1. The van der Waals surface area contributed by atoms with Crippen molar-refractivity contribution in [3.63, 3.8) is 0 Å². The van der Waals surface area contributed by atoms with Crippen LogP contribution in [0.15, 0.2) is 108 Å². The zero-order valence-electron chi connectivity index (χ0n) is 23.8. The summed E-state index contributed by atoms with van der Waals surface area (Å²) in [5.41, 5.74) is 3.37. The number of sulfonamides is 1. The van der Waals surface area contributed by atoms with Gasteiger partial charge in [0.05, 0.1) is 29.1 Å². The summed E-state index contributed by atoms with van der Waals surface area (Å²) in [6.45, 7) is 1.98. The van der Waals surface area contributed by atoms with Gasteiger partial charge in [-0.3, -0.25) is 9.10 Å². The molecule has 42 heavy (non-hydrogen) atoms. The van der Waals surface area contributed by atoms with Crippen LogP contribution in [0.1, 0.15) is 27.9 Å². The first-order chi connectivity index (χ1) is 19.7. The number of para-hydroxylation sites is 1. The summed E-state index contributed by atoms with van der Waals surface area (Å²) in [7, 11) is -4.09. The van der Waals surface area contributed by atoms with E-state index in [-0.39, 0.29) is 42.3 Å². The van der Waals surface area contributed by atoms with Gasteiger partial charge >= 0.3 is 18.9 Å². The number of nitrogens with one attached hydrogen (secondary N) is 1. The minimum Gasteiger partial charge on any atom is -0.548 e. The van der Waals surface area contributed by atoms with E-state index in [0.29, 0.717) is 22.6 Å². The first-order valence-electron chi connectivity index (χ1n) is 13.0. The Kier molecular flexibility index (Phi) is 11.9. The number of thioether (sulfide) groups is 1. The van der Waals surface area contributed by atoms with Crippen LogP contribution in [0.5, 0.6) is 0 Å². The smallest absolute Gasteiger partial charge is 0.548 e. The number of anilines is 1. The number of nitrogens with zero attached hydrogens (tertiary/aromatic N) is 1. The molecule has 0 aliphatic carbocycles. The monoisotopic (exact) mass is 594 g/mol. The van der Waals surface area contributed by atoms with Crippen molar-refractivity contribution < 1.29 is 42.0 Å². The molecule has 0 bridgehead atoms. The third kappa shape index (κ3) is 7.87. The maximum Gasteiger partial charge on any atom is 1.00 e. The van der Waals surface area contributed by atoms with Crippen molar-refractivity contribution in [3.05, 3.63) is 120 Å². The molecule has 0 aliphatic rings. The number of carboxylic acid groups (broad SMARTS) is 1. The molecule has 4 aromatic carbocycles. The molecule has 0 saturated heterocycles. The molecule has 212 valence electrons. The first kappa shape index (κ1) is 33.0. The van der Waals surface area contributed by atoms with Gasteiger partial charge in [0, 0.05) is 5.56 Å². The molecule has 1 atom stereocenters. The third-order valence-electron chi connectivity index (χ3n) is 6.67. The Labute approximate surface area is 263 Å². The van der Waals surface area contributed by atoms with E-state index in [1.165, 1.54) is 34.3 Å². The quantitative estimate of drug-likeness (QED) is 0.250. The minimum atomic E-state index is -4.09. The van der Waals surface area contributed by atoms with E-state index in [9.17, 15) is 23.1 Å². The van der Waals surface area contributed by atoms with Gasteiger partial charge in [-0.25, -0.2) is 8.42 Å². The van der Waals surface area contributed by atoms with Crippen molar-refractivity contribution in [2.75, 3.05) is 16.3 Å². The normalized spacial score (nSPS) is 11.7. The molecule has 0 spiro atoms. The number of carbonyl (C=O) groups excluding carboxylic acids is 2. The summed E-state index contributed by atoms with van der Waals surface area (Å²) in [6, 6.07) is 28.6. The van der Waals surface area contributed by atoms with Crippen LogP contribution in [-0.2, 0) is 21.4 Å². The maximum absolute atomic E-state index is 14.2. The molecule has 7 nitrogen and oxygen atoms in total. The summed E-state index contributed by atoms with van der Waals surface area (Å²) in [5, 5.41) is 14.3. The molecular weight excluding hydrogens is 563 g/mol. The summed E-state index contributed by atoms with van der Waals surface area (Å²) in [6.07, 6.45) is 2.05. The van der Waals surface area contributed by atoms with Crippen molar-refractivity contribution >= 4 is 39.3 Å². The Bertz CT molecular complexity index is 1620. The van der Waals surface area contributed by atoms with Crippen LogP contribution in [0.2, 0.25) is 0 Å². The molecule has 4 rings (SSSR count). The average Bonchev–Trinajstić information content (AvgIpc) is 2.98. The third-order valence-corrected chi connectivity index (χ3v) is 9.09. The summed E-state index contributed by atoms with van der Waals surface area (Å²) >= 11 is 1.46. The topological polar surface area (TPSA) is 107 Å². The summed E-state index contributed by atoms with van der Waals surface area (Å²) in [5.74, 6) is -1.47. The number of rotatable bonds is 12. The van der Waals surface area contributed by atoms with Crippen molar-refractivity contribution in [1.82, 2.24) is 5.32 Å². The Morgan fingerprint density at radius 2 is 1.50 bits per heavy atom. The number of aryl methyl sites for hydroxylation is 1. The number of carboxylic acids is 1. The van der Waals surface area contributed by atoms with Gasteiger partial charge in [0.2, 0.25) is 0 Å². The second-order valence-corrected chi connectivity index (χ2v) is 12.3. The Morgan fingerprint density at radius 1 is 0.881 bits per heavy atom. The molecule has 10 heteroatoms. The molecule has 0 radical (unpaired) electrons. The standard InChI is InChI=1S/C32H32N2O5S2.Li/c1-23-11-9-10-16-27(23)29-21-26(17-18-28(29)31(35)33-30(32(36)37)19-20-40-2)41(38,39)34(25-14-7-4-8-15-25)22-24-12-5-3-6-13-24;/h3-18,21,30H,19-20,22H2,1-2H3,(H,33,35)(H,36,37);/q;+1/p-1/t30-;/m0./s1. The molecule has 0 heterocycles. The molecule has 4 aromatic rings. The van der Waals surface area contributed by atoms with Gasteiger partial charge in [-0.05, 0) is 77.9 Å². The van der Waals surface area contributed by atoms with Crippen LogP contribution in [0.4, 0.5) is 5.69 Å². The molecule has 1 N–H and O–H groups in total. The van der Waals surface area contributed by atoms with Gasteiger partial charge in [-0.2, -0.15) is 11.8 Å². The fourth-order valence-electron chi connectivity index (χ4n) is 4.49. The maximum atomic E-state index is 14.2. The van der Waals surface area contributed by atoms with Gasteiger partial charge < -0.3 is 15.2 Å². The average molecular weight is 595 g/mol. The van der Waals surface area contributed by atoms with E-state index in [0.717, 1.165) is 11.1 Å². The Morgan fingerprint density at radius 3 is 2.12 bits per heavy atom. The number of aliphatic carboxylic acids is 1. The molecule has 1 amide bonds. The number of hydrogen-bond acceptors (Lipinski definition) is 6. The van der Waals surface area contributed by atoms with Crippen LogP contribution in [0.25, 0.3) is 11.1 Å². The fraction of sp³-hybridized carbons (Fsp3) is 0.188. The van der Waals surface area contributed by atoms with Crippen molar-refractivity contribution in [2.24, 2.45) is 0 Å². The van der Waals surface area contributed by atoms with Crippen LogP contribution in [0, 0.1) is 6.92 Å².